The zero-order valence-corrected chi connectivity index (χ0v) is 14.6. The Kier molecular flexibility index (Phi) is 4.25. The highest BCUT2D eigenvalue weighted by atomic mass is 19.4. The van der Waals surface area contributed by atoms with Crippen LogP contribution in [-0.2, 0) is 4.79 Å². The Morgan fingerprint density at radius 2 is 2.00 bits per heavy atom. The van der Waals surface area contributed by atoms with Crippen molar-refractivity contribution in [2.75, 3.05) is 25.0 Å². The number of amides is 1. The fourth-order valence-corrected chi connectivity index (χ4v) is 4.39. The lowest BCUT2D eigenvalue weighted by Crippen LogP contribution is -2.46. The molecule has 2 aromatic rings. The smallest absolute Gasteiger partial charge is 0.376 e. The van der Waals surface area contributed by atoms with E-state index >= 15 is 0 Å². The van der Waals surface area contributed by atoms with E-state index in [9.17, 15) is 23.1 Å². The Morgan fingerprint density at radius 3 is 2.63 bits per heavy atom. The third kappa shape index (κ3) is 3.11. The Morgan fingerprint density at radius 1 is 1.33 bits per heavy atom. The van der Waals surface area contributed by atoms with Crippen molar-refractivity contribution < 1.29 is 23.1 Å². The van der Waals surface area contributed by atoms with Gasteiger partial charge < -0.3 is 19.9 Å². The minimum atomic E-state index is -4.92. The molecule has 2 N–H and O–H groups in total. The van der Waals surface area contributed by atoms with E-state index in [0.29, 0.717) is 0 Å². The number of nitrogens with zero attached hydrogens (tertiary/aromatic N) is 4. The minimum absolute atomic E-state index is 0.130. The molecule has 0 bridgehead atoms. The average molecular weight is 383 g/mol. The van der Waals surface area contributed by atoms with E-state index in [-0.39, 0.29) is 31.0 Å². The van der Waals surface area contributed by atoms with Gasteiger partial charge in [0.25, 0.3) is 5.91 Å². The van der Waals surface area contributed by atoms with Crippen LogP contribution in [0.5, 0.6) is 0 Å². The molecule has 1 saturated heterocycles. The van der Waals surface area contributed by atoms with E-state index in [2.05, 4.69) is 19.9 Å². The van der Waals surface area contributed by atoms with Gasteiger partial charge >= 0.3 is 6.18 Å². The van der Waals surface area contributed by atoms with E-state index in [1.165, 1.54) is 6.33 Å². The van der Waals surface area contributed by atoms with Crippen LogP contribution in [0.25, 0.3) is 11.0 Å². The monoisotopic (exact) mass is 383 g/mol. The molecule has 3 unspecified atom stereocenters. The molecule has 146 valence electrons. The quantitative estimate of drug-likeness (QED) is 0.840. The third-order valence-corrected chi connectivity index (χ3v) is 5.80. The number of aliphatic hydroxyl groups is 1. The summed E-state index contributed by atoms with van der Waals surface area (Å²) in [6, 6.07) is 2.10. The van der Waals surface area contributed by atoms with Crippen LogP contribution in [0.3, 0.4) is 0 Å². The second kappa shape index (κ2) is 6.36. The molecule has 0 spiro atoms. The third-order valence-electron chi connectivity index (χ3n) is 5.80. The standard InChI is InChI=1S/C17H20F3N5O2/c1-24(15-12-2-3-21-14(12)22-8-23-15)11-4-9-6-25(7-10(9)5-11)16(27)13(26)17(18,19)20/h2-3,8-11,13,26H,4-7H2,1H3,(H,21,22,23)/t9-,10?,11?,13?/m1/s1. The van der Waals surface area contributed by atoms with E-state index in [0.717, 1.165) is 34.6 Å². The van der Waals surface area contributed by atoms with Gasteiger partial charge in [-0.1, -0.05) is 0 Å². The first-order valence-electron chi connectivity index (χ1n) is 8.80. The summed E-state index contributed by atoms with van der Waals surface area (Å²) in [5, 5.41) is 10.1. The van der Waals surface area contributed by atoms with Crippen molar-refractivity contribution in [1.82, 2.24) is 19.9 Å². The maximum atomic E-state index is 12.6. The van der Waals surface area contributed by atoms with Gasteiger partial charge in [0.05, 0.1) is 5.39 Å². The molecule has 10 heteroatoms. The number of H-pyrrole nitrogens is 1. The number of fused-ring (bicyclic) bond motifs is 2. The van der Waals surface area contributed by atoms with Gasteiger partial charge in [0.15, 0.2) is 0 Å². The van der Waals surface area contributed by atoms with E-state index < -0.39 is 18.2 Å². The molecular weight excluding hydrogens is 363 g/mol. The first kappa shape index (κ1) is 18.0. The van der Waals surface area contributed by atoms with Crippen LogP contribution in [-0.4, -0.2) is 69.3 Å². The number of halogens is 3. The van der Waals surface area contributed by atoms with Crippen molar-refractivity contribution in [3.05, 3.63) is 18.6 Å². The molecule has 1 amide bonds. The Bertz CT molecular complexity index is 840. The van der Waals surface area contributed by atoms with Gasteiger partial charge in [0.1, 0.15) is 17.8 Å². The summed E-state index contributed by atoms with van der Waals surface area (Å²) in [6.07, 6.45) is -3.02. The lowest BCUT2D eigenvalue weighted by atomic mass is 10.0. The Hall–Kier alpha value is -2.36. The number of nitrogens with one attached hydrogen (secondary N) is 1. The normalized spacial score (nSPS) is 26.4. The zero-order chi connectivity index (χ0) is 19.3. The molecule has 2 fully saturated rings. The lowest BCUT2D eigenvalue weighted by Gasteiger charge is -2.28. The SMILES string of the molecule is CN(c1ncnc2[nH]ccc12)C1CC2CN(C(=O)C(O)C(F)(F)F)C[C@H]2C1. The van der Waals surface area contributed by atoms with E-state index in [4.69, 9.17) is 0 Å². The van der Waals surface area contributed by atoms with Crippen LogP contribution < -0.4 is 4.90 Å². The molecule has 1 aliphatic heterocycles. The van der Waals surface area contributed by atoms with Gasteiger partial charge in [0, 0.05) is 32.4 Å². The molecule has 0 radical (unpaired) electrons. The van der Waals surface area contributed by atoms with Gasteiger partial charge in [-0.05, 0) is 30.7 Å². The topological polar surface area (TPSA) is 85.4 Å². The average Bonchev–Trinajstić information content (AvgIpc) is 3.32. The Balaban J connectivity index is 1.43. The van der Waals surface area contributed by atoms with Gasteiger partial charge in [-0.25, -0.2) is 9.97 Å². The minimum Gasteiger partial charge on any atom is -0.376 e. The first-order valence-corrected chi connectivity index (χ1v) is 8.80. The summed E-state index contributed by atoms with van der Waals surface area (Å²) in [4.78, 5) is 26.8. The largest absolute Gasteiger partial charge is 0.423 e. The highest BCUT2D eigenvalue weighted by molar-refractivity contribution is 5.87. The molecular formula is C17H20F3N5O2. The molecule has 4 atom stereocenters. The molecule has 4 rings (SSSR count). The fraction of sp³-hybridized carbons (Fsp3) is 0.588. The first-order chi connectivity index (χ1) is 12.8. The number of aliphatic hydroxyl groups excluding tert-OH is 1. The highest BCUT2D eigenvalue weighted by Gasteiger charge is 2.50. The molecule has 1 aliphatic carbocycles. The molecule has 3 heterocycles. The predicted octanol–water partition coefficient (Wildman–Crippen LogP) is 1.55. The van der Waals surface area contributed by atoms with Crippen molar-refractivity contribution >= 4 is 22.8 Å². The number of rotatable bonds is 3. The number of likely N-dealkylation sites (tertiary alicyclic amines) is 1. The number of carbonyl (C=O) groups excluding carboxylic acids is 1. The van der Waals surface area contributed by atoms with Crippen molar-refractivity contribution in [3.63, 3.8) is 0 Å². The van der Waals surface area contributed by atoms with Crippen molar-refractivity contribution in [2.24, 2.45) is 11.8 Å². The predicted molar refractivity (Wildman–Crippen MR) is 90.9 cm³/mol. The number of alkyl halides is 3. The van der Waals surface area contributed by atoms with Gasteiger partial charge in [-0.15, -0.1) is 0 Å². The maximum Gasteiger partial charge on any atom is 0.423 e. The number of aromatic nitrogens is 3. The number of aromatic amines is 1. The van der Waals surface area contributed by atoms with Crippen LogP contribution in [0.15, 0.2) is 18.6 Å². The second-order valence-electron chi connectivity index (χ2n) is 7.38. The number of anilines is 1. The van der Waals surface area contributed by atoms with Crippen LogP contribution in [0.1, 0.15) is 12.8 Å². The van der Waals surface area contributed by atoms with Crippen LogP contribution in [0, 0.1) is 11.8 Å². The summed E-state index contributed by atoms with van der Waals surface area (Å²) in [5.74, 6) is -0.172. The molecule has 1 saturated carbocycles. The molecule has 2 aromatic heterocycles. The molecule has 0 aromatic carbocycles. The van der Waals surface area contributed by atoms with Crippen molar-refractivity contribution in [2.45, 2.75) is 31.2 Å². The van der Waals surface area contributed by atoms with Crippen LogP contribution >= 0.6 is 0 Å². The fourth-order valence-electron chi connectivity index (χ4n) is 4.39. The number of hydrogen-bond acceptors (Lipinski definition) is 5. The molecule has 2 aliphatic rings. The second-order valence-corrected chi connectivity index (χ2v) is 7.38. The van der Waals surface area contributed by atoms with Gasteiger partial charge in [-0.3, -0.25) is 4.79 Å². The number of hydrogen-bond donors (Lipinski definition) is 2. The Labute approximate surface area is 153 Å². The summed E-state index contributed by atoms with van der Waals surface area (Å²) in [7, 11) is 1.96. The lowest BCUT2D eigenvalue weighted by molar-refractivity contribution is -0.210. The van der Waals surface area contributed by atoms with Crippen molar-refractivity contribution in [3.8, 4) is 0 Å². The van der Waals surface area contributed by atoms with E-state index in [1.54, 1.807) is 6.20 Å². The number of carbonyl (C=O) groups is 1. The molecule has 7 nitrogen and oxygen atoms in total. The van der Waals surface area contributed by atoms with Crippen molar-refractivity contribution in [1.29, 1.82) is 0 Å². The summed E-state index contributed by atoms with van der Waals surface area (Å²) >= 11 is 0. The van der Waals surface area contributed by atoms with Crippen LogP contribution in [0.4, 0.5) is 19.0 Å². The summed E-state index contributed by atoms with van der Waals surface area (Å²) < 4.78 is 37.7. The maximum absolute atomic E-state index is 12.6. The highest BCUT2D eigenvalue weighted by Crippen LogP contribution is 2.42. The zero-order valence-electron chi connectivity index (χ0n) is 14.6. The summed E-state index contributed by atoms with van der Waals surface area (Å²) in [5.41, 5.74) is 0.753. The molecule has 27 heavy (non-hydrogen) atoms. The van der Waals surface area contributed by atoms with Gasteiger partial charge in [0.2, 0.25) is 6.10 Å². The van der Waals surface area contributed by atoms with Crippen LogP contribution in [0.2, 0.25) is 0 Å². The van der Waals surface area contributed by atoms with E-state index in [1.807, 2.05) is 13.1 Å². The summed E-state index contributed by atoms with van der Waals surface area (Å²) in [6.45, 7) is 0.509. The van der Waals surface area contributed by atoms with Gasteiger partial charge in [-0.2, -0.15) is 13.2 Å².